The molecule has 1 saturated heterocycles. The van der Waals surface area contributed by atoms with E-state index in [4.69, 9.17) is 10.8 Å². The van der Waals surface area contributed by atoms with Gasteiger partial charge in [0.05, 0.1) is 22.8 Å². The average Bonchev–Trinajstić information content (AvgIpc) is 2.70. The Balaban J connectivity index is 1.98. The lowest BCUT2D eigenvalue weighted by Gasteiger charge is -2.43. The minimum absolute atomic E-state index is 0.0526. The van der Waals surface area contributed by atoms with Gasteiger partial charge in [-0.2, -0.15) is 0 Å². The number of nitrogens with two attached hydrogens (primary N) is 1. The fourth-order valence-corrected chi connectivity index (χ4v) is 4.21. The number of halogens is 3. The Kier molecular flexibility index (Phi) is 5.86. The highest BCUT2D eigenvalue weighted by Crippen LogP contribution is 2.35. The predicted molar refractivity (Wildman–Crippen MR) is 119 cm³/mol. The van der Waals surface area contributed by atoms with E-state index in [2.05, 4.69) is 15.0 Å². The van der Waals surface area contributed by atoms with Crippen molar-refractivity contribution in [2.75, 3.05) is 23.7 Å². The molecule has 1 aromatic carbocycles. The quantitative estimate of drug-likeness (QED) is 0.480. The van der Waals surface area contributed by atoms with Gasteiger partial charge in [0.2, 0.25) is 5.43 Å². The molecule has 0 bridgehead atoms. The van der Waals surface area contributed by atoms with E-state index in [9.17, 15) is 18.4 Å². The van der Waals surface area contributed by atoms with E-state index >= 15 is 4.39 Å². The maximum atomic E-state index is 15.2. The number of rotatable bonds is 5. The van der Waals surface area contributed by atoms with Crippen LogP contribution in [0.1, 0.15) is 19.4 Å². The summed E-state index contributed by atoms with van der Waals surface area (Å²) in [6.07, 6.45) is -0.886. The lowest BCUT2D eigenvalue weighted by Crippen LogP contribution is -2.60. The number of aryl methyl sites for hydroxylation is 1. The summed E-state index contributed by atoms with van der Waals surface area (Å²) in [4.78, 5) is 29.5. The number of nitrogens with zero attached hydrogens (tertiary/aromatic N) is 3. The van der Waals surface area contributed by atoms with Crippen molar-refractivity contribution in [1.82, 2.24) is 14.9 Å². The Labute approximate surface area is 191 Å². The van der Waals surface area contributed by atoms with Crippen molar-refractivity contribution in [1.29, 1.82) is 0 Å². The molecule has 3 heterocycles. The van der Waals surface area contributed by atoms with E-state index in [-0.39, 0.29) is 34.2 Å². The van der Waals surface area contributed by atoms with Crippen molar-refractivity contribution in [2.24, 2.45) is 0 Å². The summed E-state index contributed by atoms with van der Waals surface area (Å²) in [5, 5.41) is 12.1. The number of anilines is 2. The number of carbonyl (C=O) groups is 1. The number of nitrogens with one attached hydrogen (secondary N) is 1. The van der Waals surface area contributed by atoms with Crippen LogP contribution >= 0.6 is 0 Å². The number of pyridine rings is 2. The van der Waals surface area contributed by atoms with E-state index in [1.165, 1.54) is 0 Å². The molecule has 0 unspecified atom stereocenters. The highest BCUT2D eigenvalue weighted by atomic mass is 19.1. The minimum Gasteiger partial charge on any atom is -0.449 e. The molecule has 9 nitrogen and oxygen atoms in total. The Bertz CT molecular complexity index is 1370. The van der Waals surface area contributed by atoms with Gasteiger partial charge >= 0.3 is 6.16 Å². The molecule has 34 heavy (non-hydrogen) atoms. The van der Waals surface area contributed by atoms with Crippen LogP contribution in [0, 0.1) is 24.4 Å². The Hall–Kier alpha value is -3.80. The summed E-state index contributed by atoms with van der Waals surface area (Å²) in [7, 11) is 0. The van der Waals surface area contributed by atoms with Gasteiger partial charge in [0.15, 0.2) is 29.0 Å². The molecule has 1 fully saturated rings. The van der Waals surface area contributed by atoms with E-state index < -0.39 is 46.4 Å². The third kappa shape index (κ3) is 4.00. The van der Waals surface area contributed by atoms with Crippen LogP contribution in [-0.2, 0) is 0 Å². The van der Waals surface area contributed by atoms with Gasteiger partial charge in [-0.05, 0) is 13.0 Å². The number of benzene rings is 1. The first-order valence-corrected chi connectivity index (χ1v) is 10.4. The molecule has 0 radical (unpaired) electrons. The number of carboxylic acid groups (broad SMARTS) is 1. The molecule has 1 aliphatic rings. The van der Waals surface area contributed by atoms with Gasteiger partial charge in [-0.1, -0.05) is 13.8 Å². The third-order valence-corrected chi connectivity index (χ3v) is 5.55. The van der Waals surface area contributed by atoms with Crippen LogP contribution in [0.4, 0.5) is 29.5 Å². The molecular formula is C22H22F3N5O4. The first-order valence-electron chi connectivity index (χ1n) is 10.4. The molecule has 0 spiro atoms. The molecule has 4 N–H and O–H groups in total. The van der Waals surface area contributed by atoms with E-state index in [1.807, 2.05) is 13.8 Å². The maximum absolute atomic E-state index is 15.2. The van der Waals surface area contributed by atoms with Gasteiger partial charge in [-0.25, -0.2) is 22.9 Å². The van der Waals surface area contributed by atoms with Gasteiger partial charge in [0.25, 0.3) is 0 Å². The zero-order valence-corrected chi connectivity index (χ0v) is 18.5. The number of ether oxygens (including phenoxy) is 1. The standard InChI is InChI=1S/C22H22F3N5O4/c1-9(2)27-11-6-29(7-11)18-10(3)17-12(4-13(18)23)19(31)16(34-22(32)33)8-30(17)21-15(25)5-14(24)20(26)28-21/h4-5,8-9,11,27H,6-7H2,1-3H3,(H2,26,28)(H,32,33). The zero-order valence-electron chi connectivity index (χ0n) is 18.5. The highest BCUT2D eigenvalue weighted by molar-refractivity contribution is 5.90. The second-order valence-corrected chi connectivity index (χ2v) is 8.37. The summed E-state index contributed by atoms with van der Waals surface area (Å²) in [5.74, 6) is -4.77. The second kappa shape index (κ2) is 8.52. The zero-order chi connectivity index (χ0) is 24.9. The Morgan fingerprint density at radius 2 is 1.91 bits per heavy atom. The number of hydrogen-bond donors (Lipinski definition) is 3. The first-order chi connectivity index (χ1) is 16.0. The van der Waals surface area contributed by atoms with Crippen molar-refractivity contribution in [2.45, 2.75) is 32.9 Å². The summed E-state index contributed by atoms with van der Waals surface area (Å²) in [6.45, 7) is 6.54. The lowest BCUT2D eigenvalue weighted by atomic mass is 10.0. The second-order valence-electron chi connectivity index (χ2n) is 8.37. The van der Waals surface area contributed by atoms with Crippen molar-refractivity contribution in [3.8, 4) is 11.6 Å². The van der Waals surface area contributed by atoms with Crippen LogP contribution in [0.2, 0.25) is 0 Å². The fraction of sp³-hybridized carbons (Fsp3) is 0.318. The highest BCUT2D eigenvalue weighted by Gasteiger charge is 2.32. The molecule has 1 aliphatic heterocycles. The predicted octanol–water partition coefficient (Wildman–Crippen LogP) is 2.94. The normalized spacial score (nSPS) is 14.0. The van der Waals surface area contributed by atoms with Crippen LogP contribution in [-0.4, -0.2) is 46.0 Å². The molecule has 3 aromatic rings. The molecule has 2 aromatic heterocycles. The molecule has 0 saturated carbocycles. The Morgan fingerprint density at radius 1 is 1.24 bits per heavy atom. The lowest BCUT2D eigenvalue weighted by molar-refractivity contribution is 0.144. The van der Waals surface area contributed by atoms with Crippen molar-refractivity contribution in [3.05, 3.63) is 51.6 Å². The summed E-state index contributed by atoms with van der Waals surface area (Å²) in [5.41, 5.74) is 5.13. The van der Waals surface area contributed by atoms with Crippen molar-refractivity contribution < 1.29 is 27.8 Å². The largest absolute Gasteiger partial charge is 0.511 e. The molecule has 12 heteroatoms. The van der Waals surface area contributed by atoms with Gasteiger partial charge in [-0.3, -0.25) is 9.36 Å². The number of fused-ring (bicyclic) bond motifs is 1. The monoisotopic (exact) mass is 477 g/mol. The minimum atomic E-state index is -1.80. The first kappa shape index (κ1) is 23.4. The van der Waals surface area contributed by atoms with E-state index in [1.54, 1.807) is 11.8 Å². The van der Waals surface area contributed by atoms with Gasteiger partial charge in [-0.15, -0.1) is 0 Å². The van der Waals surface area contributed by atoms with Crippen LogP contribution in [0.3, 0.4) is 0 Å². The third-order valence-electron chi connectivity index (χ3n) is 5.55. The molecule has 0 aliphatic carbocycles. The van der Waals surface area contributed by atoms with Gasteiger partial charge in [0.1, 0.15) is 5.82 Å². The summed E-state index contributed by atoms with van der Waals surface area (Å²) < 4.78 is 49.3. The smallest absolute Gasteiger partial charge is 0.449 e. The molecule has 180 valence electrons. The maximum Gasteiger partial charge on any atom is 0.511 e. The summed E-state index contributed by atoms with van der Waals surface area (Å²) >= 11 is 0. The molecule has 4 rings (SSSR count). The van der Waals surface area contributed by atoms with Gasteiger partial charge in [0, 0.05) is 36.8 Å². The fourth-order valence-electron chi connectivity index (χ4n) is 4.21. The topological polar surface area (TPSA) is 123 Å². The van der Waals surface area contributed by atoms with E-state index in [0.717, 1.165) is 16.8 Å². The van der Waals surface area contributed by atoms with Crippen LogP contribution in [0.15, 0.2) is 23.1 Å². The molecular weight excluding hydrogens is 455 g/mol. The number of hydrogen-bond acceptors (Lipinski definition) is 7. The number of nitrogen functional groups attached to an aromatic ring is 1. The Morgan fingerprint density at radius 3 is 2.53 bits per heavy atom. The summed E-state index contributed by atoms with van der Waals surface area (Å²) in [6, 6.07) is 1.83. The molecule has 0 amide bonds. The van der Waals surface area contributed by atoms with Crippen molar-refractivity contribution in [3.63, 3.8) is 0 Å². The number of aromatic nitrogens is 2. The van der Waals surface area contributed by atoms with Crippen LogP contribution in [0.25, 0.3) is 16.7 Å². The molecule has 0 atom stereocenters. The van der Waals surface area contributed by atoms with Crippen LogP contribution in [0.5, 0.6) is 5.75 Å². The van der Waals surface area contributed by atoms with Crippen LogP contribution < -0.4 is 26.1 Å². The van der Waals surface area contributed by atoms with E-state index in [0.29, 0.717) is 19.2 Å². The van der Waals surface area contributed by atoms with Crippen molar-refractivity contribution >= 4 is 28.6 Å². The van der Waals surface area contributed by atoms with Gasteiger partial charge < -0.3 is 25.8 Å². The SMILES string of the molecule is Cc1c(N2CC(NC(C)C)C2)c(F)cc2c(=O)c(OC(=O)O)cn(-c3nc(N)c(F)cc3F)c12. The average molecular weight is 477 g/mol.